The Bertz CT molecular complexity index is 7880. The summed E-state index contributed by atoms with van der Waals surface area (Å²) >= 11 is 0. The first-order valence-corrected chi connectivity index (χ1v) is 47.8. The minimum atomic E-state index is -3.46. The fraction of sp³-hybridized carbons (Fsp3) is 0.0990. The van der Waals surface area contributed by atoms with Gasteiger partial charge in [0.1, 0.15) is 97.9 Å². The Balaban J connectivity index is 0.000000123. The van der Waals surface area contributed by atoms with Crippen molar-refractivity contribution in [3.8, 4) is 114 Å². The molecule has 19 aromatic rings. The van der Waals surface area contributed by atoms with Crippen molar-refractivity contribution in [1.29, 1.82) is 0 Å². The molecule has 135 heavy (non-hydrogen) atoms. The lowest BCUT2D eigenvalue weighted by atomic mass is 10.1. The number of rotatable bonds is 21. The number of aromatic amines is 4. The Morgan fingerprint density at radius 1 is 0.311 bits per heavy atom. The highest BCUT2D eigenvalue weighted by atomic mass is 32.2. The first-order valence-electron chi connectivity index (χ1n) is 42.1. The quantitative estimate of drug-likeness (QED) is 0.0331. The number of H-pyrrole nitrogens is 4. The normalized spacial score (nSPS) is 11.7. The third-order valence-corrected chi connectivity index (χ3v) is 23.1. The molecule has 1 aliphatic heterocycles. The Morgan fingerprint density at radius 2 is 0.600 bits per heavy atom. The number of nitrogens with one attached hydrogen (secondary N) is 8. The topological polar surface area (TPSA) is 394 Å². The van der Waals surface area contributed by atoms with Gasteiger partial charge in [0.15, 0.2) is 0 Å². The summed E-state index contributed by atoms with van der Waals surface area (Å²) in [6, 6.07) is 87.4. The smallest absolute Gasteiger partial charge is 0.275 e. The van der Waals surface area contributed by atoms with E-state index in [1.807, 2.05) is 280 Å². The molecule has 1 amide bonds. The van der Waals surface area contributed by atoms with Crippen LogP contribution >= 0.6 is 0 Å². The van der Waals surface area contributed by atoms with Crippen LogP contribution in [0.15, 0.2) is 342 Å². The van der Waals surface area contributed by atoms with Gasteiger partial charge in [-0.3, -0.25) is 38.1 Å². The number of hydrogen-bond donors (Lipinski definition) is 8. The van der Waals surface area contributed by atoms with E-state index in [0.717, 1.165) is 92.0 Å². The van der Waals surface area contributed by atoms with E-state index in [1.165, 1.54) is 17.2 Å². The highest BCUT2D eigenvalue weighted by Gasteiger charge is 2.27. The van der Waals surface area contributed by atoms with Gasteiger partial charge in [-0.2, -0.15) is 10.2 Å². The number of benzene rings is 10. The van der Waals surface area contributed by atoms with E-state index in [9.17, 15) is 49.2 Å². The zero-order valence-electron chi connectivity index (χ0n) is 73.9. The van der Waals surface area contributed by atoms with Gasteiger partial charge >= 0.3 is 0 Å². The summed E-state index contributed by atoms with van der Waals surface area (Å²) in [5, 5.41) is 11.4. The first-order chi connectivity index (χ1) is 64.9. The average Bonchev–Trinajstić information content (AvgIpc) is 1.63. The van der Waals surface area contributed by atoms with Gasteiger partial charge in [0.2, 0.25) is 30.1 Å². The monoisotopic (exact) mass is 1860 g/mol. The van der Waals surface area contributed by atoms with Crippen LogP contribution in [-0.2, 0) is 36.6 Å². The number of carbonyl (C=O) groups excluding carboxylic acids is 1. The second-order valence-corrected chi connectivity index (χ2v) is 36.7. The Kier molecular flexibility index (Phi) is 26.6. The molecule has 0 aliphatic carbocycles. The van der Waals surface area contributed by atoms with Crippen molar-refractivity contribution in [2.24, 2.45) is 0 Å². The Labute approximate surface area is 773 Å². The molecule has 0 atom stereocenters. The lowest BCUT2D eigenvalue weighted by molar-refractivity contribution is 0.0927. The zero-order valence-corrected chi connectivity index (χ0v) is 76.4. The Morgan fingerprint density at radius 3 is 0.970 bits per heavy atom. The van der Waals surface area contributed by atoms with Gasteiger partial charge in [0.25, 0.3) is 28.1 Å². The van der Waals surface area contributed by atoms with Gasteiger partial charge in [-0.1, -0.05) is 115 Å². The van der Waals surface area contributed by atoms with Crippen LogP contribution in [0.25, 0.3) is 78.4 Å². The third-order valence-electron chi connectivity index (χ3n) is 21.2. The van der Waals surface area contributed by atoms with Crippen molar-refractivity contribution in [2.45, 2.75) is 41.2 Å². The highest BCUT2D eigenvalue weighted by Crippen LogP contribution is 2.43. The van der Waals surface area contributed by atoms with Crippen molar-refractivity contribution in [3.05, 3.63) is 397 Å². The van der Waals surface area contributed by atoms with Crippen LogP contribution in [0, 0.1) is 34.6 Å². The van der Waals surface area contributed by atoms with E-state index < -0.39 is 30.1 Å². The number of hydrogen-bond acceptors (Lipinski definition) is 18. The molecule has 20 rings (SSSR count). The van der Waals surface area contributed by atoms with Gasteiger partial charge < -0.3 is 62.3 Å². The summed E-state index contributed by atoms with van der Waals surface area (Å²) in [5.41, 5.74) is 15.0. The third kappa shape index (κ3) is 21.4. The molecule has 0 unspecified atom stereocenters. The number of fused-ring (bicyclic) bond motifs is 5. The van der Waals surface area contributed by atoms with Gasteiger partial charge in [-0.25, -0.2) is 34.3 Å². The fourth-order valence-corrected chi connectivity index (χ4v) is 17.3. The van der Waals surface area contributed by atoms with E-state index >= 15 is 0 Å². The second kappa shape index (κ2) is 39.4. The maximum Gasteiger partial charge on any atom is 0.275 e. The van der Waals surface area contributed by atoms with Gasteiger partial charge in [-0.15, -0.1) is 0 Å². The molecule has 1 aliphatic rings. The minimum absolute atomic E-state index is 0.0947. The predicted molar refractivity (Wildman–Crippen MR) is 523 cm³/mol. The van der Waals surface area contributed by atoms with E-state index in [-0.39, 0.29) is 28.1 Å². The summed E-state index contributed by atoms with van der Waals surface area (Å²) < 4.78 is 117. The first kappa shape index (κ1) is 91.3. The van der Waals surface area contributed by atoms with Gasteiger partial charge in [-0.05, 0) is 232 Å². The number of amides is 1. The summed E-state index contributed by atoms with van der Waals surface area (Å²) in [7, 11) is -10.3. The van der Waals surface area contributed by atoms with Crippen LogP contribution in [0.1, 0.15) is 38.3 Å². The molecule has 31 nitrogen and oxygen atoms in total. The maximum atomic E-state index is 12.3. The molecule has 682 valence electrons. The van der Waals surface area contributed by atoms with Crippen molar-refractivity contribution in [1.82, 2.24) is 57.8 Å². The molecule has 10 aromatic carbocycles. The SMILES string of the molecule is Cc1cc(-c2cc(NS(C)(=O)=O)ccc2Oc2ccccc2)n2c1C(=O)NCC2.Cc1cc(-c2cc(NS(C)(=O)=O)ccc2Oc2ccccc2)n2cc[nH]c(=O)c12.Cc1cc(-c2cc(NS(C)(=O)=O)ccc2Oc2ccccc2)n2nc[nH]c(=O)c12.Cc1cc(-c2ccccc2Oc2ccccc2)n2cc[nH]c(=O)c12.Cc1cc(-c2ccccc2Oc2ccccc2)n2nc[nH]c(=O)c12. The summed E-state index contributed by atoms with van der Waals surface area (Å²) in [6.45, 7) is 10.5. The standard InChI is InChI=1S/C21H21N3O4S.C21H19N3O4S.C20H18N4O4S.C20H16N2O2.C19H15N3O2/c2*1-14-12-18(24-11-10-22-21(25)20(14)24)17-13-15(23-29(2,26)27)8-9-19(17)28-16-6-4-3-5-7-16;1-13-10-17(24-19(13)20(25)21-12-22-24)16-11-14(23-29(2,26)27)8-9-18(16)28-15-6-4-3-5-7-15;1-14-13-17(22-12-11-21-20(23)19(14)22)16-9-5-6-10-18(16)24-15-7-3-2-4-8-15;1-13-11-16(22-18(13)19(23)20-12-21-22)15-9-5-6-10-17(15)24-14-7-3-2-4-8-14/h3-9,12-13,23H,10-11H2,1-2H3,(H,22,25);3-13,23H,1-2H3,(H,22,25);3-12,23H,1-2H3,(H,21,22,25);2-13H,1H3,(H,21,23);2-12H,1H3,(H,20,21,23). The van der Waals surface area contributed by atoms with Gasteiger partial charge in [0, 0.05) is 82.8 Å². The molecule has 10 heterocycles. The fourth-order valence-electron chi connectivity index (χ4n) is 15.7. The highest BCUT2D eigenvalue weighted by molar-refractivity contribution is 7.92. The van der Waals surface area contributed by atoms with Crippen LogP contribution in [0.2, 0.25) is 0 Å². The molecule has 0 saturated carbocycles. The molecule has 0 bridgehead atoms. The summed E-state index contributed by atoms with van der Waals surface area (Å²) in [6.07, 6.45) is 12.8. The van der Waals surface area contributed by atoms with Crippen molar-refractivity contribution in [3.63, 3.8) is 0 Å². The number of sulfonamides is 3. The zero-order chi connectivity index (χ0) is 94.8. The predicted octanol–water partition coefficient (Wildman–Crippen LogP) is 18.5. The lowest BCUT2D eigenvalue weighted by Gasteiger charge is -2.20. The van der Waals surface area contributed by atoms with Crippen LogP contribution in [0.3, 0.4) is 0 Å². The van der Waals surface area contributed by atoms with Crippen LogP contribution in [-0.4, -0.2) is 109 Å². The molecule has 0 fully saturated rings. The van der Waals surface area contributed by atoms with E-state index in [0.29, 0.717) is 126 Å². The molecule has 34 heteroatoms. The number of para-hydroxylation sites is 7. The van der Waals surface area contributed by atoms with E-state index in [1.54, 1.807) is 82.1 Å². The van der Waals surface area contributed by atoms with Crippen molar-refractivity contribution in [2.75, 3.05) is 39.5 Å². The molecule has 0 radical (unpaired) electrons. The maximum absolute atomic E-state index is 12.3. The number of carbonyl (C=O) groups is 1. The number of anilines is 3. The van der Waals surface area contributed by atoms with E-state index in [4.69, 9.17) is 23.7 Å². The number of ether oxygens (including phenoxy) is 5. The molecular weight excluding hydrogens is 1780 g/mol. The number of aryl methyl sites for hydroxylation is 5. The number of nitrogens with zero attached hydrogens (tertiary/aromatic N) is 7. The van der Waals surface area contributed by atoms with Gasteiger partial charge in [0.05, 0.1) is 47.2 Å². The molecule has 9 aromatic heterocycles. The Hall–Kier alpha value is -17.0. The molecule has 0 saturated heterocycles. The van der Waals surface area contributed by atoms with Crippen LogP contribution in [0.4, 0.5) is 17.1 Å². The average molecular weight is 1870 g/mol. The van der Waals surface area contributed by atoms with Crippen LogP contribution < -0.4 is 65.4 Å². The van der Waals surface area contributed by atoms with Crippen molar-refractivity contribution >= 4 is 75.1 Å². The molecule has 8 N–H and O–H groups in total. The minimum Gasteiger partial charge on any atom is -0.457 e. The second-order valence-electron chi connectivity index (χ2n) is 31.4. The largest absolute Gasteiger partial charge is 0.457 e. The molecule has 0 spiro atoms. The molecular formula is C101H89N15O16S3. The van der Waals surface area contributed by atoms with Crippen LogP contribution in [0.5, 0.6) is 57.5 Å². The number of aromatic nitrogens is 11. The van der Waals surface area contributed by atoms with Crippen molar-refractivity contribution < 1.29 is 53.7 Å². The summed E-state index contributed by atoms with van der Waals surface area (Å²) in [5.74, 6) is 6.43. The lowest BCUT2D eigenvalue weighted by Crippen LogP contribution is -2.35. The van der Waals surface area contributed by atoms with E-state index in [2.05, 4.69) is 49.6 Å². The summed E-state index contributed by atoms with van der Waals surface area (Å²) in [4.78, 5) is 71.6.